The fourth-order valence-electron chi connectivity index (χ4n) is 2.08. The van der Waals surface area contributed by atoms with E-state index in [1.54, 1.807) is 23.6 Å². The molecule has 0 radical (unpaired) electrons. The van der Waals surface area contributed by atoms with Gasteiger partial charge in [-0.3, -0.25) is 0 Å². The molecular weight excluding hydrogens is 307 g/mol. The maximum Gasteiger partial charge on any atom is 0.389 e. The summed E-state index contributed by atoms with van der Waals surface area (Å²) in [5.41, 5.74) is 1.07. The molecule has 2 rings (SSSR count). The lowest BCUT2D eigenvalue weighted by Crippen LogP contribution is -2.11. The van der Waals surface area contributed by atoms with E-state index in [2.05, 4.69) is 9.97 Å². The Balaban J connectivity index is 2.35. The van der Waals surface area contributed by atoms with Gasteiger partial charge in [-0.15, -0.1) is 11.6 Å². The minimum Gasteiger partial charge on any atom is -0.481 e. The second-order valence-electron chi connectivity index (χ2n) is 4.65. The summed E-state index contributed by atoms with van der Waals surface area (Å²) in [4.78, 5) is 8.58. The van der Waals surface area contributed by atoms with Crippen LogP contribution in [0.2, 0.25) is 0 Å². The maximum absolute atomic E-state index is 12.3. The van der Waals surface area contributed by atoms with Crippen molar-refractivity contribution in [3.63, 3.8) is 0 Å². The molecule has 0 spiro atoms. The highest BCUT2D eigenvalue weighted by atomic mass is 35.5. The van der Waals surface area contributed by atoms with Crippen LogP contribution in [0.15, 0.2) is 12.1 Å². The van der Waals surface area contributed by atoms with Crippen molar-refractivity contribution in [1.82, 2.24) is 14.5 Å². The van der Waals surface area contributed by atoms with Crippen LogP contribution < -0.4 is 4.74 Å². The molecule has 0 saturated carbocycles. The zero-order valence-electron chi connectivity index (χ0n) is 11.6. The maximum atomic E-state index is 12.3. The third kappa shape index (κ3) is 3.78. The van der Waals surface area contributed by atoms with Crippen LogP contribution in [-0.2, 0) is 6.54 Å². The topological polar surface area (TPSA) is 39.9 Å². The lowest BCUT2D eigenvalue weighted by atomic mass is 10.3. The summed E-state index contributed by atoms with van der Waals surface area (Å²) in [6.45, 7) is 1.88. The molecule has 0 aliphatic carbocycles. The van der Waals surface area contributed by atoms with E-state index in [1.807, 2.05) is 0 Å². The van der Waals surface area contributed by atoms with Gasteiger partial charge in [-0.2, -0.15) is 18.2 Å². The van der Waals surface area contributed by atoms with Gasteiger partial charge in [0.2, 0.25) is 5.88 Å². The average molecular weight is 322 g/mol. The predicted molar refractivity (Wildman–Crippen MR) is 73.6 cm³/mol. The number of ether oxygens (including phenoxy) is 1. The van der Waals surface area contributed by atoms with E-state index in [9.17, 15) is 13.2 Å². The van der Waals surface area contributed by atoms with Crippen molar-refractivity contribution in [3.05, 3.63) is 18.0 Å². The van der Waals surface area contributed by atoms with Gasteiger partial charge >= 0.3 is 6.18 Å². The molecule has 0 aliphatic heterocycles. The molecule has 0 bridgehead atoms. The molecule has 0 saturated heterocycles. The third-order valence-electron chi connectivity index (χ3n) is 3.00. The molecule has 21 heavy (non-hydrogen) atoms. The second kappa shape index (κ2) is 6.09. The van der Waals surface area contributed by atoms with Gasteiger partial charge in [-0.05, 0) is 19.4 Å². The monoisotopic (exact) mass is 321 g/mol. The second-order valence-corrected chi connectivity index (χ2v) is 5.31. The SMILES string of the molecule is COc1ccc2nc(C(C)Cl)n(CCCC(F)(F)F)c2n1. The first-order valence-corrected chi connectivity index (χ1v) is 6.87. The standard InChI is InChI=1S/C13H15ClF3N3O/c1-8(14)11-18-9-4-5-10(21-2)19-12(9)20(11)7-3-6-13(15,16)17/h4-5,8H,3,6-7H2,1-2H3. The molecule has 4 nitrogen and oxygen atoms in total. The highest BCUT2D eigenvalue weighted by molar-refractivity contribution is 6.20. The van der Waals surface area contributed by atoms with E-state index in [0.29, 0.717) is 22.9 Å². The predicted octanol–water partition coefficient (Wildman–Crippen LogP) is 4.08. The number of nitrogens with zero attached hydrogens (tertiary/aromatic N) is 3. The van der Waals surface area contributed by atoms with E-state index in [0.717, 1.165) is 0 Å². The molecule has 116 valence electrons. The number of halogens is 4. The van der Waals surface area contributed by atoms with E-state index in [1.165, 1.54) is 7.11 Å². The van der Waals surface area contributed by atoms with Gasteiger partial charge < -0.3 is 9.30 Å². The zero-order valence-corrected chi connectivity index (χ0v) is 12.4. The summed E-state index contributed by atoms with van der Waals surface area (Å²) in [5.74, 6) is 0.892. The lowest BCUT2D eigenvalue weighted by Gasteiger charge is -2.11. The molecule has 0 amide bonds. The van der Waals surface area contributed by atoms with Crippen LogP contribution in [0.5, 0.6) is 5.88 Å². The highest BCUT2D eigenvalue weighted by Gasteiger charge is 2.26. The Bertz CT molecular complexity index is 625. The van der Waals surface area contributed by atoms with Crippen LogP contribution in [0.1, 0.15) is 31.0 Å². The molecule has 0 fully saturated rings. The van der Waals surface area contributed by atoms with Crippen LogP contribution in [0.4, 0.5) is 13.2 Å². The van der Waals surface area contributed by atoms with Crippen molar-refractivity contribution < 1.29 is 17.9 Å². The molecule has 0 aromatic carbocycles. The minimum absolute atomic E-state index is 0.0511. The van der Waals surface area contributed by atoms with Crippen LogP contribution in [0.25, 0.3) is 11.2 Å². The number of methoxy groups -OCH3 is 1. The molecule has 2 heterocycles. The molecule has 2 aromatic heterocycles. The van der Waals surface area contributed by atoms with Crippen molar-refractivity contribution >= 4 is 22.8 Å². The van der Waals surface area contributed by atoms with Gasteiger partial charge in [-0.1, -0.05) is 0 Å². The fraction of sp³-hybridized carbons (Fsp3) is 0.538. The normalized spacial score (nSPS) is 13.6. The van der Waals surface area contributed by atoms with Gasteiger partial charge in [-0.25, -0.2) is 4.98 Å². The summed E-state index contributed by atoms with van der Waals surface area (Å²) in [6, 6.07) is 3.36. The zero-order chi connectivity index (χ0) is 15.6. The molecule has 0 aliphatic rings. The summed E-state index contributed by atoms with van der Waals surface area (Å²) in [5, 5.41) is -0.420. The summed E-state index contributed by atoms with van der Waals surface area (Å²) in [6.07, 6.45) is -5.08. The summed E-state index contributed by atoms with van der Waals surface area (Å²) < 4.78 is 43.5. The van der Waals surface area contributed by atoms with Crippen LogP contribution in [0.3, 0.4) is 0 Å². The largest absolute Gasteiger partial charge is 0.481 e. The Labute approximate surface area is 124 Å². The first-order valence-electron chi connectivity index (χ1n) is 6.44. The fourth-order valence-corrected chi connectivity index (χ4v) is 2.24. The summed E-state index contributed by atoms with van der Waals surface area (Å²) >= 11 is 6.06. The van der Waals surface area contributed by atoms with E-state index < -0.39 is 18.0 Å². The van der Waals surface area contributed by atoms with Crippen molar-refractivity contribution in [1.29, 1.82) is 0 Å². The molecule has 2 aromatic rings. The number of alkyl halides is 4. The number of rotatable bonds is 5. The van der Waals surface area contributed by atoms with Gasteiger partial charge in [0.25, 0.3) is 0 Å². The van der Waals surface area contributed by atoms with Crippen LogP contribution in [-0.4, -0.2) is 27.8 Å². The Kier molecular flexibility index (Phi) is 4.61. The van der Waals surface area contributed by atoms with E-state index in [-0.39, 0.29) is 13.0 Å². The Morgan fingerprint density at radius 1 is 1.33 bits per heavy atom. The van der Waals surface area contributed by atoms with Gasteiger partial charge in [0.05, 0.1) is 12.5 Å². The molecule has 8 heteroatoms. The van der Waals surface area contributed by atoms with E-state index >= 15 is 0 Å². The van der Waals surface area contributed by atoms with Crippen LogP contribution >= 0.6 is 11.6 Å². The Morgan fingerprint density at radius 3 is 2.62 bits per heavy atom. The van der Waals surface area contributed by atoms with Crippen molar-refractivity contribution in [2.24, 2.45) is 0 Å². The molecule has 1 atom stereocenters. The Morgan fingerprint density at radius 2 is 2.05 bits per heavy atom. The molecule has 0 N–H and O–H groups in total. The average Bonchev–Trinajstić information content (AvgIpc) is 2.75. The number of pyridine rings is 1. The lowest BCUT2D eigenvalue weighted by molar-refractivity contribution is -0.135. The summed E-state index contributed by atoms with van der Waals surface area (Å²) in [7, 11) is 1.48. The van der Waals surface area contributed by atoms with E-state index in [4.69, 9.17) is 16.3 Å². The van der Waals surface area contributed by atoms with Crippen molar-refractivity contribution in [3.8, 4) is 5.88 Å². The molecular formula is C13H15ClF3N3O. The number of hydrogen-bond donors (Lipinski definition) is 0. The van der Waals surface area contributed by atoms with Crippen molar-refractivity contribution in [2.45, 2.75) is 37.9 Å². The van der Waals surface area contributed by atoms with Crippen LogP contribution in [0, 0.1) is 0 Å². The number of aryl methyl sites for hydroxylation is 1. The number of imidazole rings is 1. The highest BCUT2D eigenvalue weighted by Crippen LogP contribution is 2.27. The molecule has 1 unspecified atom stereocenters. The Hall–Kier alpha value is -1.50. The smallest absolute Gasteiger partial charge is 0.389 e. The van der Waals surface area contributed by atoms with Gasteiger partial charge in [0.15, 0.2) is 5.65 Å². The van der Waals surface area contributed by atoms with Gasteiger partial charge in [0.1, 0.15) is 11.3 Å². The quantitative estimate of drug-likeness (QED) is 0.779. The van der Waals surface area contributed by atoms with Gasteiger partial charge in [0, 0.05) is 19.0 Å². The first-order chi connectivity index (χ1) is 9.81. The first kappa shape index (κ1) is 15.9. The third-order valence-corrected chi connectivity index (χ3v) is 3.20. The minimum atomic E-state index is -4.17. The number of aromatic nitrogens is 3. The number of hydrogen-bond acceptors (Lipinski definition) is 3. The van der Waals surface area contributed by atoms with Crippen molar-refractivity contribution in [2.75, 3.05) is 7.11 Å². The number of fused-ring (bicyclic) bond motifs is 1.